The van der Waals surface area contributed by atoms with Gasteiger partial charge in [-0.2, -0.15) is 0 Å². The predicted molar refractivity (Wildman–Crippen MR) is 85.4 cm³/mol. The molecule has 0 atom stereocenters. The molecule has 2 aromatic rings. The van der Waals surface area contributed by atoms with Crippen molar-refractivity contribution in [2.45, 2.75) is 0 Å². The van der Waals surface area contributed by atoms with Crippen LogP contribution in [0.3, 0.4) is 0 Å². The molecule has 3 rings (SSSR count). The van der Waals surface area contributed by atoms with Gasteiger partial charge in [-0.3, -0.25) is 4.79 Å². The molecule has 0 spiro atoms. The Morgan fingerprint density at radius 2 is 1.83 bits per heavy atom. The molecule has 1 aliphatic heterocycles. The topological polar surface area (TPSA) is 54.0 Å². The summed E-state index contributed by atoms with van der Waals surface area (Å²) in [7, 11) is 3.00. The lowest BCUT2D eigenvalue weighted by Gasteiger charge is -2.12. The molecule has 24 heavy (non-hydrogen) atoms. The van der Waals surface area contributed by atoms with Crippen LogP contribution in [0.2, 0.25) is 0 Å². The zero-order chi connectivity index (χ0) is 17.1. The summed E-state index contributed by atoms with van der Waals surface area (Å²) in [4.78, 5) is 12.2. The number of ketones is 1. The van der Waals surface area contributed by atoms with Gasteiger partial charge in [0.05, 0.1) is 14.2 Å². The summed E-state index contributed by atoms with van der Waals surface area (Å²) in [5.74, 6) is 1.18. The summed E-state index contributed by atoms with van der Waals surface area (Å²) in [6.07, 6.45) is 2.97. The Morgan fingerprint density at radius 3 is 2.50 bits per heavy atom. The highest BCUT2D eigenvalue weighted by atomic mass is 19.1. The predicted octanol–water partition coefficient (Wildman–Crippen LogP) is 3.47. The summed E-state index contributed by atoms with van der Waals surface area (Å²) in [6, 6.07) is 7.05. The van der Waals surface area contributed by atoms with E-state index in [1.54, 1.807) is 12.1 Å². The van der Waals surface area contributed by atoms with E-state index in [1.807, 2.05) is 0 Å². The monoisotopic (exact) mass is 330 g/mol. The minimum absolute atomic E-state index is 0.0938. The van der Waals surface area contributed by atoms with Crippen molar-refractivity contribution in [1.29, 1.82) is 0 Å². The second-order valence-electron chi connectivity index (χ2n) is 4.97. The highest BCUT2D eigenvalue weighted by molar-refractivity contribution is 6.07. The average molecular weight is 330 g/mol. The van der Waals surface area contributed by atoms with Gasteiger partial charge < -0.3 is 18.9 Å². The highest BCUT2D eigenvalue weighted by Gasteiger charge is 2.25. The van der Waals surface area contributed by atoms with Gasteiger partial charge in [0.15, 0.2) is 17.3 Å². The maximum absolute atomic E-state index is 12.9. The Kier molecular flexibility index (Phi) is 4.37. The zero-order valence-corrected chi connectivity index (χ0v) is 13.2. The van der Waals surface area contributed by atoms with Crippen LogP contribution in [-0.2, 0) is 0 Å². The molecule has 5 nitrogen and oxygen atoms in total. The summed E-state index contributed by atoms with van der Waals surface area (Å²) < 4.78 is 34.4. The average Bonchev–Trinajstić information content (AvgIpc) is 3.06. The molecule has 0 aliphatic carbocycles. The van der Waals surface area contributed by atoms with Crippen LogP contribution >= 0.6 is 0 Å². The molecule has 1 heterocycles. The zero-order valence-electron chi connectivity index (χ0n) is 13.2. The van der Waals surface area contributed by atoms with Gasteiger partial charge in [0, 0.05) is 11.1 Å². The van der Waals surface area contributed by atoms with Crippen LogP contribution in [0.15, 0.2) is 36.4 Å². The molecule has 0 fully saturated rings. The van der Waals surface area contributed by atoms with E-state index in [4.69, 9.17) is 18.9 Å². The fourth-order valence-electron chi connectivity index (χ4n) is 2.41. The van der Waals surface area contributed by atoms with Gasteiger partial charge in [-0.05, 0) is 42.5 Å². The van der Waals surface area contributed by atoms with Gasteiger partial charge in [-0.1, -0.05) is 0 Å². The van der Waals surface area contributed by atoms with Gasteiger partial charge >= 0.3 is 0 Å². The van der Waals surface area contributed by atoms with Crippen LogP contribution in [0, 0.1) is 5.82 Å². The number of ether oxygens (including phenoxy) is 4. The molecule has 0 saturated carbocycles. The van der Waals surface area contributed by atoms with E-state index in [2.05, 4.69) is 0 Å². The first-order chi connectivity index (χ1) is 11.6. The summed E-state index contributed by atoms with van der Waals surface area (Å²) in [6.45, 7) is 0.0938. The van der Waals surface area contributed by atoms with Gasteiger partial charge in [0.2, 0.25) is 18.3 Å². The quantitative estimate of drug-likeness (QED) is 0.621. The number of methoxy groups -OCH3 is 2. The van der Waals surface area contributed by atoms with Crippen molar-refractivity contribution < 1.29 is 28.1 Å². The number of rotatable bonds is 5. The minimum Gasteiger partial charge on any atom is -0.492 e. The lowest BCUT2D eigenvalue weighted by atomic mass is 10.1. The van der Waals surface area contributed by atoms with E-state index in [9.17, 15) is 9.18 Å². The van der Waals surface area contributed by atoms with E-state index >= 15 is 0 Å². The van der Waals surface area contributed by atoms with Crippen molar-refractivity contribution in [2.24, 2.45) is 0 Å². The third-order valence-corrected chi connectivity index (χ3v) is 3.55. The second-order valence-corrected chi connectivity index (χ2v) is 4.97. The van der Waals surface area contributed by atoms with Crippen molar-refractivity contribution in [3.05, 3.63) is 53.4 Å². The summed E-state index contributed by atoms with van der Waals surface area (Å²) in [5.41, 5.74) is 0.994. The lowest BCUT2D eigenvalue weighted by Crippen LogP contribution is -1.97. The first-order valence-corrected chi connectivity index (χ1v) is 7.16. The number of carbonyl (C=O) groups excluding carboxylic acids is 1. The highest BCUT2D eigenvalue weighted by Crippen LogP contribution is 2.49. The Morgan fingerprint density at radius 1 is 1.12 bits per heavy atom. The van der Waals surface area contributed by atoms with Crippen LogP contribution < -0.4 is 18.9 Å². The first-order valence-electron chi connectivity index (χ1n) is 7.16. The Bertz CT molecular complexity index is 796. The molecular formula is C18H15FO5. The molecular weight excluding hydrogens is 315 g/mol. The smallest absolute Gasteiger partial charge is 0.231 e. The Labute approximate surface area is 138 Å². The van der Waals surface area contributed by atoms with Crippen LogP contribution in [0.25, 0.3) is 6.08 Å². The maximum atomic E-state index is 12.9. The second kappa shape index (κ2) is 6.62. The van der Waals surface area contributed by atoms with Crippen molar-refractivity contribution in [1.82, 2.24) is 0 Å². The molecule has 2 aromatic carbocycles. The molecule has 124 valence electrons. The number of fused-ring (bicyclic) bond motifs is 1. The molecule has 0 unspecified atom stereocenters. The van der Waals surface area contributed by atoms with E-state index in [1.165, 1.54) is 44.6 Å². The summed E-state index contributed by atoms with van der Waals surface area (Å²) in [5, 5.41) is 0. The third kappa shape index (κ3) is 2.90. The normalized spacial score (nSPS) is 12.5. The molecule has 1 aliphatic rings. The number of hydrogen-bond donors (Lipinski definition) is 0. The Balaban J connectivity index is 1.94. The first kappa shape index (κ1) is 15.9. The number of benzene rings is 2. The number of carbonyl (C=O) groups is 1. The molecule has 0 bridgehead atoms. The van der Waals surface area contributed by atoms with E-state index in [0.717, 1.165) is 0 Å². The molecule has 0 radical (unpaired) electrons. The van der Waals surface area contributed by atoms with Crippen LogP contribution in [0.4, 0.5) is 4.39 Å². The van der Waals surface area contributed by atoms with Gasteiger partial charge in [-0.25, -0.2) is 4.39 Å². The number of allylic oxidation sites excluding steroid dienone is 1. The van der Waals surface area contributed by atoms with E-state index in [0.29, 0.717) is 34.1 Å². The van der Waals surface area contributed by atoms with Crippen LogP contribution in [0.1, 0.15) is 15.9 Å². The molecule has 0 amide bonds. The molecule has 0 aromatic heterocycles. The van der Waals surface area contributed by atoms with Crippen molar-refractivity contribution in [3.8, 4) is 23.0 Å². The SMILES string of the molecule is COc1c(/C=C/C(=O)c2ccc(F)cc2)cc2c(c1OC)OCO2. The van der Waals surface area contributed by atoms with Crippen LogP contribution in [-0.4, -0.2) is 26.8 Å². The van der Waals surface area contributed by atoms with Gasteiger partial charge in [0.1, 0.15) is 5.82 Å². The number of halogens is 1. The van der Waals surface area contributed by atoms with Gasteiger partial charge in [0.25, 0.3) is 0 Å². The van der Waals surface area contributed by atoms with Crippen molar-refractivity contribution >= 4 is 11.9 Å². The molecule has 6 heteroatoms. The fourth-order valence-corrected chi connectivity index (χ4v) is 2.41. The largest absolute Gasteiger partial charge is 0.492 e. The maximum Gasteiger partial charge on any atom is 0.231 e. The minimum atomic E-state index is -0.391. The molecule has 0 saturated heterocycles. The third-order valence-electron chi connectivity index (χ3n) is 3.55. The van der Waals surface area contributed by atoms with Gasteiger partial charge in [-0.15, -0.1) is 0 Å². The fraction of sp³-hybridized carbons (Fsp3) is 0.167. The van der Waals surface area contributed by atoms with Crippen molar-refractivity contribution in [3.63, 3.8) is 0 Å². The van der Waals surface area contributed by atoms with E-state index < -0.39 is 5.82 Å². The summed E-state index contributed by atoms with van der Waals surface area (Å²) >= 11 is 0. The standard InChI is InChI=1S/C18H15FO5/c1-21-16-12(9-15-17(18(16)22-2)24-10-23-15)5-8-14(20)11-3-6-13(19)7-4-11/h3-9H,10H2,1-2H3/b8-5+. The lowest BCUT2D eigenvalue weighted by molar-refractivity contribution is 0.104. The molecule has 0 N–H and O–H groups in total. The number of hydrogen-bond acceptors (Lipinski definition) is 5. The van der Waals surface area contributed by atoms with E-state index in [-0.39, 0.29) is 12.6 Å². The Hall–Kier alpha value is -3.02. The van der Waals surface area contributed by atoms with Crippen molar-refractivity contribution in [2.75, 3.05) is 21.0 Å². The van der Waals surface area contributed by atoms with Crippen LogP contribution in [0.5, 0.6) is 23.0 Å².